The van der Waals surface area contributed by atoms with Crippen molar-refractivity contribution in [3.05, 3.63) is 96.6 Å². The molecule has 4 nitrogen and oxygen atoms in total. The highest BCUT2D eigenvalue weighted by Gasteiger charge is 2.50. The van der Waals surface area contributed by atoms with Gasteiger partial charge in [-0.15, -0.1) is 12.3 Å². The zero-order valence-electron chi connectivity index (χ0n) is 27.4. The minimum absolute atomic E-state index is 0.0302. The van der Waals surface area contributed by atoms with E-state index in [1.54, 1.807) is 12.1 Å². The van der Waals surface area contributed by atoms with E-state index in [0.29, 0.717) is 31.4 Å². The third kappa shape index (κ3) is 8.80. The van der Waals surface area contributed by atoms with Crippen molar-refractivity contribution >= 4 is 33.0 Å². The molecular formula is C37H50O4Si2. The van der Waals surface area contributed by atoms with Crippen molar-refractivity contribution in [1.29, 1.82) is 0 Å². The third-order valence-corrected chi connectivity index (χ3v) is 18.2. The monoisotopic (exact) mass is 614 g/mol. The topological polar surface area (TPSA) is 44.8 Å². The van der Waals surface area contributed by atoms with E-state index in [-0.39, 0.29) is 22.1 Å². The molecule has 43 heavy (non-hydrogen) atoms. The Kier molecular flexibility index (Phi) is 11.8. The number of benzene rings is 3. The van der Waals surface area contributed by atoms with Crippen LogP contribution in [-0.4, -0.2) is 41.4 Å². The molecule has 0 saturated carbocycles. The number of hydrogen-bond donors (Lipinski definition) is 0. The summed E-state index contributed by atoms with van der Waals surface area (Å²) in [6, 6.07) is 30.3. The second kappa shape index (κ2) is 14.7. The maximum Gasteiger partial charge on any atom is 0.338 e. The van der Waals surface area contributed by atoms with Crippen molar-refractivity contribution in [2.45, 2.75) is 96.2 Å². The van der Waals surface area contributed by atoms with Crippen molar-refractivity contribution in [3.63, 3.8) is 0 Å². The maximum absolute atomic E-state index is 13.3. The number of esters is 1. The van der Waals surface area contributed by atoms with Crippen LogP contribution in [0, 0.1) is 12.3 Å². The Balaban J connectivity index is 1.93. The normalized spacial score (nSPS) is 14.0. The van der Waals surface area contributed by atoms with Gasteiger partial charge in [0.15, 0.2) is 8.32 Å². The molecule has 0 unspecified atom stereocenters. The molecule has 0 spiro atoms. The molecule has 0 aliphatic carbocycles. The molecule has 0 N–H and O–H groups in total. The molecule has 0 aromatic heterocycles. The lowest BCUT2D eigenvalue weighted by atomic mass is 10.1. The van der Waals surface area contributed by atoms with Crippen LogP contribution < -0.4 is 10.4 Å². The van der Waals surface area contributed by atoms with Crippen LogP contribution in [0.5, 0.6) is 0 Å². The van der Waals surface area contributed by atoms with E-state index in [9.17, 15) is 4.79 Å². The van der Waals surface area contributed by atoms with Gasteiger partial charge >= 0.3 is 5.97 Å². The van der Waals surface area contributed by atoms with E-state index in [0.717, 1.165) is 0 Å². The molecule has 0 bridgehead atoms. The van der Waals surface area contributed by atoms with Gasteiger partial charge in [0, 0.05) is 25.9 Å². The fourth-order valence-electron chi connectivity index (χ4n) is 5.31. The van der Waals surface area contributed by atoms with Crippen LogP contribution >= 0.6 is 0 Å². The first-order valence-electron chi connectivity index (χ1n) is 15.3. The number of carbonyl (C=O) groups excluding carboxylic acids is 1. The molecule has 0 fully saturated rings. The zero-order valence-corrected chi connectivity index (χ0v) is 29.4. The summed E-state index contributed by atoms with van der Waals surface area (Å²) in [5.41, 5.74) is 0.527. The van der Waals surface area contributed by atoms with E-state index < -0.39 is 22.7 Å². The Hall–Kier alpha value is -2.96. The number of ether oxygens (including phenoxy) is 1. The standard InChI is InChI=1S/C37H50O4Si2/c1-10-20-32(41-42(8,9)36(2,3)4)29-31(40-35(38)30-21-14-11-15-22-30)27-28-39-43(37(5,6)7,33-23-16-12-17-24-33)34-25-18-13-19-26-34/h1,11-19,21-26,31-32H,20,27-29H2,2-9H3/t31-,32+/m1/s1. The third-order valence-electron chi connectivity index (χ3n) is 8.60. The minimum Gasteiger partial charge on any atom is -0.459 e. The summed E-state index contributed by atoms with van der Waals surface area (Å²) in [4.78, 5) is 13.3. The number of hydrogen-bond acceptors (Lipinski definition) is 4. The molecule has 230 valence electrons. The molecule has 6 heteroatoms. The lowest BCUT2D eigenvalue weighted by Gasteiger charge is -2.43. The Morgan fingerprint density at radius 1 is 0.767 bits per heavy atom. The first kappa shape index (κ1) is 34.5. The summed E-state index contributed by atoms with van der Waals surface area (Å²) in [5.74, 6) is 2.46. The summed E-state index contributed by atoms with van der Waals surface area (Å²) < 4.78 is 20.1. The fraction of sp³-hybridized carbons (Fsp3) is 0.432. The summed E-state index contributed by atoms with van der Waals surface area (Å²) in [7, 11) is -4.85. The van der Waals surface area contributed by atoms with Gasteiger partial charge < -0.3 is 13.6 Å². The molecule has 0 aliphatic heterocycles. The predicted octanol–water partition coefficient (Wildman–Crippen LogP) is 7.98. The van der Waals surface area contributed by atoms with Crippen molar-refractivity contribution in [2.75, 3.05) is 6.61 Å². The summed E-state index contributed by atoms with van der Waals surface area (Å²) in [5, 5.41) is 2.32. The molecular weight excluding hydrogens is 565 g/mol. The SMILES string of the molecule is C#CC[C@@H](C[C@@H](CCO[Si](c1ccccc1)(c1ccccc1)C(C)(C)C)OC(=O)c1ccccc1)O[Si](C)(C)C(C)(C)C. The zero-order chi connectivity index (χ0) is 31.7. The van der Waals surface area contributed by atoms with Gasteiger partial charge in [-0.05, 0) is 45.7 Å². The second-order valence-corrected chi connectivity index (χ2v) is 22.9. The molecule has 0 heterocycles. The smallest absolute Gasteiger partial charge is 0.338 e. The molecule has 3 rings (SSSR count). The van der Waals surface area contributed by atoms with E-state index >= 15 is 0 Å². The average molecular weight is 615 g/mol. The Morgan fingerprint density at radius 2 is 1.26 bits per heavy atom. The summed E-state index contributed by atoms with van der Waals surface area (Å²) in [6.45, 7) is 18.3. The van der Waals surface area contributed by atoms with Crippen LogP contribution in [0.3, 0.4) is 0 Å². The largest absolute Gasteiger partial charge is 0.459 e. The van der Waals surface area contributed by atoms with Crippen molar-refractivity contribution < 1.29 is 18.4 Å². The van der Waals surface area contributed by atoms with Crippen LogP contribution in [-0.2, 0) is 13.6 Å². The van der Waals surface area contributed by atoms with E-state index in [2.05, 4.69) is 109 Å². The highest BCUT2D eigenvalue weighted by molar-refractivity contribution is 6.99. The highest BCUT2D eigenvalue weighted by atomic mass is 28.4. The molecule has 3 aromatic rings. The van der Waals surface area contributed by atoms with Gasteiger partial charge in [0.1, 0.15) is 6.10 Å². The van der Waals surface area contributed by atoms with Gasteiger partial charge in [-0.1, -0.05) is 120 Å². The number of terminal acetylenes is 1. The average Bonchev–Trinajstić information content (AvgIpc) is 2.95. The van der Waals surface area contributed by atoms with Gasteiger partial charge in [-0.3, -0.25) is 0 Å². The lowest BCUT2D eigenvalue weighted by molar-refractivity contribution is 0.0104. The Bertz CT molecular complexity index is 1280. The molecule has 3 aromatic carbocycles. The van der Waals surface area contributed by atoms with Gasteiger partial charge in [-0.25, -0.2) is 4.79 Å². The van der Waals surface area contributed by atoms with Gasteiger partial charge in [0.2, 0.25) is 0 Å². The molecule has 0 radical (unpaired) electrons. The van der Waals surface area contributed by atoms with Crippen LogP contribution in [0.25, 0.3) is 0 Å². The Morgan fingerprint density at radius 3 is 1.70 bits per heavy atom. The maximum atomic E-state index is 13.3. The lowest BCUT2D eigenvalue weighted by Crippen LogP contribution is -2.66. The summed E-state index contributed by atoms with van der Waals surface area (Å²) >= 11 is 0. The number of rotatable bonds is 13. The molecule has 2 atom stereocenters. The van der Waals surface area contributed by atoms with E-state index in [1.165, 1.54) is 10.4 Å². The Labute approximate surface area is 262 Å². The van der Waals surface area contributed by atoms with Gasteiger partial charge in [-0.2, -0.15) is 0 Å². The van der Waals surface area contributed by atoms with E-state index in [1.807, 2.05) is 30.3 Å². The predicted molar refractivity (Wildman–Crippen MR) is 184 cm³/mol. The van der Waals surface area contributed by atoms with Crippen molar-refractivity contribution in [2.24, 2.45) is 0 Å². The van der Waals surface area contributed by atoms with Crippen LogP contribution in [0.15, 0.2) is 91.0 Å². The minimum atomic E-state index is -2.74. The summed E-state index contributed by atoms with van der Waals surface area (Å²) in [6.07, 6.45) is 6.69. The van der Waals surface area contributed by atoms with Crippen LogP contribution in [0.2, 0.25) is 23.2 Å². The first-order valence-corrected chi connectivity index (χ1v) is 20.2. The first-order chi connectivity index (χ1) is 20.2. The van der Waals surface area contributed by atoms with Gasteiger partial charge in [0.25, 0.3) is 8.32 Å². The molecule has 0 amide bonds. The van der Waals surface area contributed by atoms with Crippen LogP contribution in [0.4, 0.5) is 0 Å². The quantitative estimate of drug-likeness (QED) is 0.111. The molecule has 0 saturated heterocycles. The van der Waals surface area contributed by atoms with Crippen molar-refractivity contribution in [1.82, 2.24) is 0 Å². The van der Waals surface area contributed by atoms with Crippen molar-refractivity contribution in [3.8, 4) is 12.3 Å². The number of carbonyl (C=O) groups is 1. The fourth-order valence-corrected chi connectivity index (χ4v) is 11.3. The second-order valence-electron chi connectivity index (χ2n) is 13.8. The van der Waals surface area contributed by atoms with Gasteiger partial charge in [0.05, 0.1) is 11.7 Å². The molecule has 0 aliphatic rings. The van der Waals surface area contributed by atoms with E-state index in [4.69, 9.17) is 20.0 Å². The highest BCUT2D eigenvalue weighted by Crippen LogP contribution is 2.39. The van der Waals surface area contributed by atoms with Crippen LogP contribution in [0.1, 0.15) is 71.2 Å².